The molecule has 6 nitrogen and oxygen atoms in total. The molecule has 0 aliphatic carbocycles. The molecule has 0 N–H and O–H groups in total. The molecule has 0 saturated carbocycles. The second-order valence-corrected chi connectivity index (χ2v) is 16.6. The van der Waals surface area contributed by atoms with E-state index in [0.717, 1.165) is 116 Å². The Labute approximate surface area is 433 Å². The molecule has 0 amide bonds. The molecule has 0 saturated heterocycles. The molecular formula is C65H94O6. The van der Waals surface area contributed by atoms with Crippen LogP contribution < -0.4 is 0 Å². The van der Waals surface area contributed by atoms with Gasteiger partial charge in [0, 0.05) is 19.3 Å². The summed E-state index contributed by atoms with van der Waals surface area (Å²) in [6.45, 7) is 6.10. The zero-order chi connectivity index (χ0) is 51.4. The van der Waals surface area contributed by atoms with Crippen molar-refractivity contribution in [1.82, 2.24) is 0 Å². The molecule has 0 aliphatic rings. The number of hydrogen-bond acceptors (Lipinski definition) is 6. The van der Waals surface area contributed by atoms with E-state index in [1.807, 2.05) is 12.2 Å². The van der Waals surface area contributed by atoms with Crippen molar-refractivity contribution in [3.8, 4) is 0 Å². The highest BCUT2D eigenvalue weighted by Gasteiger charge is 2.19. The Balaban J connectivity index is 4.73. The largest absolute Gasteiger partial charge is 0.462 e. The summed E-state index contributed by atoms with van der Waals surface area (Å²) in [5.74, 6) is -1.18. The van der Waals surface area contributed by atoms with Gasteiger partial charge in [0.05, 0.1) is 0 Å². The maximum atomic E-state index is 12.8. The maximum Gasteiger partial charge on any atom is 0.306 e. The maximum absolute atomic E-state index is 12.8. The van der Waals surface area contributed by atoms with Crippen molar-refractivity contribution in [3.05, 3.63) is 194 Å². The SMILES string of the molecule is CC/C=C/C/C=C/C/C=C/C/C=C/C/C=C/C/C=C/CCC(=O)OC[C@@H](COC(=O)CCC/C=C/C/C=C/C/C=C/C/C=C/C/C=C/CC)OC(=O)CCC/C=C/C/C=C/C/C=C/C/C=C/C/C=C/CC. The number of allylic oxidation sites excluding steroid dienone is 32. The van der Waals surface area contributed by atoms with Crippen molar-refractivity contribution in [2.75, 3.05) is 13.2 Å². The summed E-state index contributed by atoms with van der Waals surface area (Å²) >= 11 is 0. The van der Waals surface area contributed by atoms with Gasteiger partial charge in [-0.25, -0.2) is 0 Å². The molecule has 0 rings (SSSR count). The van der Waals surface area contributed by atoms with Crippen molar-refractivity contribution in [1.29, 1.82) is 0 Å². The van der Waals surface area contributed by atoms with Crippen LogP contribution >= 0.6 is 0 Å². The Morgan fingerprint density at radius 2 is 0.507 bits per heavy atom. The van der Waals surface area contributed by atoms with Crippen molar-refractivity contribution in [3.63, 3.8) is 0 Å². The molecule has 390 valence electrons. The fourth-order valence-corrected chi connectivity index (χ4v) is 6.18. The lowest BCUT2D eigenvalue weighted by Gasteiger charge is -2.18. The fourth-order valence-electron chi connectivity index (χ4n) is 6.18. The second kappa shape index (κ2) is 56.8. The summed E-state index contributed by atoms with van der Waals surface area (Å²) in [4.78, 5) is 38.0. The molecule has 0 heterocycles. The number of hydrogen-bond donors (Lipinski definition) is 0. The highest BCUT2D eigenvalue weighted by atomic mass is 16.6. The summed E-state index contributed by atoms with van der Waals surface area (Å²) in [6, 6.07) is 0. The first-order chi connectivity index (χ1) is 35.0. The normalized spacial score (nSPS) is 13.7. The molecule has 0 spiro atoms. The standard InChI is InChI=1S/C65H94O6/c1-4-7-10-13-16-19-22-25-28-31-32-35-37-40-43-46-49-52-55-58-64(67)70-61-62(71-65(68)59-56-53-50-47-44-41-38-34-30-27-24-21-18-15-12-9-6-3)60-69-63(66)57-54-51-48-45-42-39-36-33-29-26-23-20-17-14-11-8-5-2/h7-12,16-21,25-30,32,35-36,38-41,43,45,47-50,52,62H,4-6,13-15,22-24,31,33-34,37,42,44,46,51,53-61H2,1-3H3/b10-7+,11-8+,12-9+,19-16+,20-17+,21-18+,28-25+,29-26+,30-27+,35-32+,39-36+,41-38+,43-40+,48-45+,50-47+,52-49+/t62-/m1/s1. The Morgan fingerprint density at radius 1 is 0.282 bits per heavy atom. The van der Waals surface area contributed by atoms with Crippen LogP contribution in [-0.4, -0.2) is 37.2 Å². The van der Waals surface area contributed by atoms with Crippen LogP contribution in [0.3, 0.4) is 0 Å². The van der Waals surface area contributed by atoms with E-state index < -0.39 is 18.0 Å². The predicted octanol–water partition coefficient (Wildman–Crippen LogP) is 18.3. The average Bonchev–Trinajstić information content (AvgIpc) is 3.37. The zero-order valence-electron chi connectivity index (χ0n) is 44.4. The third kappa shape index (κ3) is 55.1. The van der Waals surface area contributed by atoms with Gasteiger partial charge in [-0.2, -0.15) is 0 Å². The van der Waals surface area contributed by atoms with Crippen LogP contribution in [0.2, 0.25) is 0 Å². The van der Waals surface area contributed by atoms with Crippen molar-refractivity contribution >= 4 is 17.9 Å². The van der Waals surface area contributed by atoms with Gasteiger partial charge in [-0.3, -0.25) is 14.4 Å². The molecule has 1 atom stereocenters. The van der Waals surface area contributed by atoms with Crippen LogP contribution in [0.25, 0.3) is 0 Å². The van der Waals surface area contributed by atoms with E-state index in [4.69, 9.17) is 14.2 Å². The third-order valence-electron chi connectivity index (χ3n) is 10.1. The highest BCUT2D eigenvalue weighted by Crippen LogP contribution is 2.08. The first kappa shape index (κ1) is 65.2. The molecule has 6 heteroatoms. The summed E-state index contributed by atoms with van der Waals surface area (Å²) in [5, 5.41) is 0. The van der Waals surface area contributed by atoms with E-state index in [0.29, 0.717) is 19.3 Å². The molecular weight excluding hydrogens is 877 g/mol. The van der Waals surface area contributed by atoms with Crippen LogP contribution in [0.15, 0.2) is 194 Å². The lowest BCUT2D eigenvalue weighted by molar-refractivity contribution is -0.166. The number of esters is 3. The van der Waals surface area contributed by atoms with Crippen LogP contribution in [0.1, 0.15) is 175 Å². The number of carbonyl (C=O) groups is 3. The smallest absolute Gasteiger partial charge is 0.306 e. The van der Waals surface area contributed by atoms with Gasteiger partial charge in [0.15, 0.2) is 6.10 Å². The van der Waals surface area contributed by atoms with E-state index >= 15 is 0 Å². The van der Waals surface area contributed by atoms with Crippen LogP contribution in [-0.2, 0) is 28.6 Å². The summed E-state index contributed by atoms with van der Waals surface area (Å²) in [5.41, 5.74) is 0. The molecule has 0 aromatic rings. The average molecular weight is 971 g/mol. The van der Waals surface area contributed by atoms with Gasteiger partial charge in [-0.1, -0.05) is 215 Å². The topological polar surface area (TPSA) is 78.9 Å². The van der Waals surface area contributed by atoms with Gasteiger partial charge in [-0.05, 0) is 135 Å². The van der Waals surface area contributed by atoms with Crippen molar-refractivity contribution in [2.24, 2.45) is 0 Å². The Morgan fingerprint density at radius 3 is 0.789 bits per heavy atom. The summed E-state index contributed by atoms with van der Waals surface area (Å²) in [7, 11) is 0. The van der Waals surface area contributed by atoms with Crippen LogP contribution in [0.4, 0.5) is 0 Å². The van der Waals surface area contributed by atoms with Gasteiger partial charge >= 0.3 is 17.9 Å². The first-order valence-electron chi connectivity index (χ1n) is 26.9. The van der Waals surface area contributed by atoms with Crippen LogP contribution in [0.5, 0.6) is 0 Å². The van der Waals surface area contributed by atoms with Crippen LogP contribution in [0, 0.1) is 0 Å². The predicted molar refractivity (Wildman–Crippen MR) is 306 cm³/mol. The van der Waals surface area contributed by atoms with E-state index in [-0.39, 0.29) is 38.4 Å². The molecule has 0 fully saturated rings. The first-order valence-corrected chi connectivity index (χ1v) is 26.9. The number of carbonyl (C=O) groups excluding carboxylic acids is 3. The third-order valence-corrected chi connectivity index (χ3v) is 10.1. The number of rotatable bonds is 45. The van der Waals surface area contributed by atoms with Gasteiger partial charge in [-0.15, -0.1) is 0 Å². The van der Waals surface area contributed by atoms with Gasteiger partial charge in [0.2, 0.25) is 0 Å². The van der Waals surface area contributed by atoms with Crippen molar-refractivity contribution in [2.45, 2.75) is 181 Å². The van der Waals surface area contributed by atoms with Crippen molar-refractivity contribution < 1.29 is 28.6 Å². The Kier molecular flexibility index (Phi) is 52.2. The van der Waals surface area contributed by atoms with E-state index in [1.54, 1.807) is 0 Å². The molecule has 0 aromatic heterocycles. The second-order valence-electron chi connectivity index (χ2n) is 16.6. The summed E-state index contributed by atoms with van der Waals surface area (Å²) in [6.07, 6.45) is 87.2. The molecule has 71 heavy (non-hydrogen) atoms. The van der Waals surface area contributed by atoms with Gasteiger partial charge in [0.25, 0.3) is 0 Å². The minimum atomic E-state index is -0.874. The fraction of sp³-hybridized carbons (Fsp3) is 0.462. The van der Waals surface area contributed by atoms with Gasteiger partial charge in [0.1, 0.15) is 13.2 Å². The monoisotopic (exact) mass is 971 g/mol. The lowest BCUT2D eigenvalue weighted by atomic mass is 10.2. The van der Waals surface area contributed by atoms with E-state index in [9.17, 15) is 14.4 Å². The summed E-state index contributed by atoms with van der Waals surface area (Å²) < 4.78 is 16.6. The van der Waals surface area contributed by atoms with E-state index in [1.165, 1.54) is 0 Å². The quantitative estimate of drug-likeness (QED) is 0.0262. The molecule has 0 radical (unpaired) electrons. The lowest BCUT2D eigenvalue weighted by Crippen LogP contribution is -2.30. The van der Waals surface area contributed by atoms with E-state index in [2.05, 4.69) is 203 Å². The minimum Gasteiger partial charge on any atom is -0.462 e. The molecule has 0 bridgehead atoms. The molecule has 0 aromatic carbocycles. The molecule has 0 aliphatic heterocycles. The number of unbranched alkanes of at least 4 members (excludes halogenated alkanes) is 2. The van der Waals surface area contributed by atoms with Gasteiger partial charge < -0.3 is 14.2 Å². The Hall–Kier alpha value is -5.75. The Bertz CT molecular complexity index is 1780. The number of ether oxygens (including phenoxy) is 3. The highest BCUT2D eigenvalue weighted by molar-refractivity contribution is 5.71. The zero-order valence-corrected chi connectivity index (χ0v) is 44.4. The molecule has 0 unspecified atom stereocenters. The minimum absolute atomic E-state index is 0.165.